The van der Waals surface area contributed by atoms with Crippen molar-refractivity contribution >= 4 is 47.0 Å². The lowest BCUT2D eigenvalue weighted by atomic mass is 10.0. The molecule has 2 N–H and O–H groups in total. The van der Waals surface area contributed by atoms with Crippen molar-refractivity contribution in [1.82, 2.24) is 10.6 Å². The smallest absolute Gasteiger partial charge is 0.191 e. The Morgan fingerprint density at radius 1 is 1.19 bits per heavy atom. The van der Waals surface area contributed by atoms with Gasteiger partial charge in [0.05, 0.1) is 6.54 Å². The maximum absolute atomic E-state index is 4.83. The summed E-state index contributed by atoms with van der Waals surface area (Å²) in [5.41, 5.74) is 1.33. The molecule has 3 rings (SSSR count). The van der Waals surface area contributed by atoms with Gasteiger partial charge in [-0.05, 0) is 43.3 Å². The van der Waals surface area contributed by atoms with E-state index in [0.29, 0.717) is 12.0 Å². The zero-order chi connectivity index (χ0) is 18.2. The summed E-state index contributed by atoms with van der Waals surface area (Å²) in [5.74, 6) is 1.42. The number of rotatable bonds is 6. The van der Waals surface area contributed by atoms with Crippen LogP contribution in [0.15, 0.2) is 52.8 Å². The molecule has 6 heteroatoms. The fourth-order valence-corrected chi connectivity index (χ4v) is 4.10. The van der Waals surface area contributed by atoms with E-state index in [9.17, 15) is 0 Å². The summed E-state index contributed by atoms with van der Waals surface area (Å²) in [6.07, 6.45) is 2.28. The SMILES string of the molecule is CCNC(=NCC(C)c1cccs1)NC1CCN(c2ccccc2)CC1.I. The van der Waals surface area contributed by atoms with Crippen molar-refractivity contribution in [2.24, 2.45) is 4.99 Å². The van der Waals surface area contributed by atoms with E-state index in [1.807, 2.05) is 11.3 Å². The number of halogens is 1. The molecule has 27 heavy (non-hydrogen) atoms. The standard InChI is InChI=1S/C21H30N4S.HI/c1-3-22-21(23-16-17(2)20-10-7-15-26-20)24-18-11-13-25(14-12-18)19-8-5-4-6-9-19;/h4-10,15,17-18H,3,11-14,16H2,1-2H3,(H2,22,23,24);1H. The van der Waals surface area contributed by atoms with Gasteiger partial charge in [-0.3, -0.25) is 4.99 Å². The first-order chi connectivity index (χ1) is 12.8. The molecule has 0 aliphatic carbocycles. The molecule has 1 aromatic heterocycles. The number of hydrogen-bond donors (Lipinski definition) is 2. The molecule has 1 saturated heterocycles. The highest BCUT2D eigenvalue weighted by atomic mass is 127. The number of nitrogens with one attached hydrogen (secondary N) is 2. The Labute approximate surface area is 184 Å². The molecule has 0 saturated carbocycles. The molecule has 1 atom stereocenters. The van der Waals surface area contributed by atoms with Gasteiger partial charge in [-0.25, -0.2) is 0 Å². The fourth-order valence-electron chi connectivity index (χ4n) is 3.32. The lowest BCUT2D eigenvalue weighted by molar-refractivity contribution is 0.461. The molecule has 0 amide bonds. The van der Waals surface area contributed by atoms with Crippen molar-refractivity contribution in [3.8, 4) is 0 Å². The van der Waals surface area contributed by atoms with Crippen molar-refractivity contribution in [3.63, 3.8) is 0 Å². The van der Waals surface area contributed by atoms with Crippen LogP contribution in [0.25, 0.3) is 0 Å². The average Bonchev–Trinajstić information content (AvgIpc) is 3.22. The number of nitrogens with zero attached hydrogens (tertiary/aromatic N) is 2. The number of hydrogen-bond acceptors (Lipinski definition) is 3. The minimum Gasteiger partial charge on any atom is -0.371 e. The zero-order valence-corrected chi connectivity index (χ0v) is 19.4. The largest absolute Gasteiger partial charge is 0.371 e. The Morgan fingerprint density at radius 2 is 1.93 bits per heavy atom. The normalized spacial score (nSPS) is 16.5. The van der Waals surface area contributed by atoms with E-state index < -0.39 is 0 Å². The third-order valence-corrected chi connectivity index (χ3v) is 5.96. The highest BCUT2D eigenvalue weighted by molar-refractivity contribution is 14.0. The monoisotopic (exact) mass is 498 g/mol. The number of thiophene rings is 1. The number of benzene rings is 1. The van der Waals surface area contributed by atoms with Crippen molar-refractivity contribution in [2.75, 3.05) is 31.1 Å². The van der Waals surface area contributed by atoms with Crippen LogP contribution in [0.1, 0.15) is 37.5 Å². The van der Waals surface area contributed by atoms with E-state index in [-0.39, 0.29) is 24.0 Å². The maximum Gasteiger partial charge on any atom is 0.191 e. The quantitative estimate of drug-likeness (QED) is 0.345. The summed E-state index contributed by atoms with van der Waals surface area (Å²) >= 11 is 1.81. The van der Waals surface area contributed by atoms with E-state index in [4.69, 9.17) is 4.99 Å². The van der Waals surface area contributed by atoms with Gasteiger partial charge in [-0.15, -0.1) is 35.3 Å². The molecule has 1 unspecified atom stereocenters. The van der Waals surface area contributed by atoms with E-state index in [2.05, 4.69) is 77.2 Å². The van der Waals surface area contributed by atoms with Gasteiger partial charge in [0.25, 0.3) is 0 Å². The van der Waals surface area contributed by atoms with Gasteiger partial charge < -0.3 is 15.5 Å². The van der Waals surface area contributed by atoms with Gasteiger partial charge in [0, 0.05) is 42.2 Å². The summed E-state index contributed by atoms with van der Waals surface area (Å²) in [4.78, 5) is 8.70. The summed E-state index contributed by atoms with van der Waals surface area (Å²) in [7, 11) is 0. The predicted molar refractivity (Wildman–Crippen MR) is 129 cm³/mol. The van der Waals surface area contributed by atoms with Crippen molar-refractivity contribution in [2.45, 2.75) is 38.6 Å². The predicted octanol–water partition coefficient (Wildman–Crippen LogP) is 4.69. The Bertz CT molecular complexity index is 667. The molecule has 0 radical (unpaired) electrons. The number of aliphatic imine (C=N–C) groups is 1. The van der Waals surface area contributed by atoms with E-state index in [1.54, 1.807) is 0 Å². The third-order valence-electron chi connectivity index (χ3n) is 4.85. The highest BCUT2D eigenvalue weighted by Gasteiger charge is 2.20. The minimum atomic E-state index is 0. The minimum absolute atomic E-state index is 0. The summed E-state index contributed by atoms with van der Waals surface area (Å²) < 4.78 is 0. The first-order valence-electron chi connectivity index (χ1n) is 9.64. The van der Waals surface area contributed by atoms with Gasteiger partial charge in [-0.2, -0.15) is 0 Å². The van der Waals surface area contributed by atoms with Gasteiger partial charge in [0.15, 0.2) is 5.96 Å². The number of guanidine groups is 1. The van der Waals surface area contributed by atoms with Crippen LogP contribution in [0.2, 0.25) is 0 Å². The van der Waals surface area contributed by atoms with Crippen LogP contribution < -0.4 is 15.5 Å². The average molecular weight is 498 g/mol. The van der Waals surface area contributed by atoms with Crippen LogP contribution in [0.5, 0.6) is 0 Å². The van der Waals surface area contributed by atoms with Crippen molar-refractivity contribution in [1.29, 1.82) is 0 Å². The first kappa shape index (κ1) is 22.0. The van der Waals surface area contributed by atoms with Crippen LogP contribution in [0.4, 0.5) is 5.69 Å². The molecule has 0 bridgehead atoms. The molecular weight excluding hydrogens is 467 g/mol. The van der Waals surface area contributed by atoms with E-state index in [0.717, 1.165) is 45.0 Å². The Morgan fingerprint density at radius 3 is 2.56 bits per heavy atom. The molecule has 1 aromatic carbocycles. The van der Waals surface area contributed by atoms with E-state index >= 15 is 0 Å². The van der Waals surface area contributed by atoms with Crippen molar-refractivity contribution < 1.29 is 0 Å². The first-order valence-corrected chi connectivity index (χ1v) is 10.5. The second-order valence-corrected chi connectivity index (χ2v) is 7.86. The Balaban J connectivity index is 0.00000261. The Kier molecular flexibility index (Phi) is 9.41. The molecule has 1 aliphatic rings. The second-order valence-electron chi connectivity index (χ2n) is 6.88. The summed E-state index contributed by atoms with van der Waals surface area (Å²) in [6, 6.07) is 15.5. The second kappa shape index (κ2) is 11.5. The molecular formula is C21H31IN4S. The molecule has 148 valence electrons. The summed E-state index contributed by atoms with van der Waals surface area (Å²) in [6.45, 7) is 8.26. The molecule has 2 aromatic rings. The molecule has 1 aliphatic heterocycles. The van der Waals surface area contributed by atoms with Crippen LogP contribution in [-0.2, 0) is 0 Å². The molecule has 0 spiro atoms. The van der Waals surface area contributed by atoms with Crippen molar-refractivity contribution in [3.05, 3.63) is 52.7 Å². The van der Waals surface area contributed by atoms with Crippen LogP contribution in [0.3, 0.4) is 0 Å². The lowest BCUT2D eigenvalue weighted by Gasteiger charge is -2.34. The number of anilines is 1. The van der Waals surface area contributed by atoms with Gasteiger partial charge >= 0.3 is 0 Å². The van der Waals surface area contributed by atoms with Gasteiger partial charge in [0.2, 0.25) is 0 Å². The number of piperidine rings is 1. The summed E-state index contributed by atoms with van der Waals surface area (Å²) in [5, 5.41) is 9.19. The van der Waals surface area contributed by atoms with Gasteiger partial charge in [0.1, 0.15) is 0 Å². The maximum atomic E-state index is 4.83. The molecule has 2 heterocycles. The van der Waals surface area contributed by atoms with E-state index in [1.165, 1.54) is 10.6 Å². The zero-order valence-electron chi connectivity index (χ0n) is 16.2. The lowest BCUT2D eigenvalue weighted by Crippen LogP contribution is -2.48. The van der Waals surface area contributed by atoms with Crippen LogP contribution in [0, 0.1) is 0 Å². The topological polar surface area (TPSA) is 39.7 Å². The van der Waals surface area contributed by atoms with Gasteiger partial charge in [-0.1, -0.05) is 31.2 Å². The third kappa shape index (κ3) is 6.68. The molecule has 4 nitrogen and oxygen atoms in total. The van der Waals surface area contributed by atoms with Crippen LogP contribution in [-0.4, -0.2) is 38.2 Å². The Hall–Kier alpha value is -1.28. The highest BCUT2D eigenvalue weighted by Crippen LogP contribution is 2.21. The molecule has 1 fully saturated rings. The fraction of sp³-hybridized carbons (Fsp3) is 0.476. The number of para-hydroxylation sites is 1. The van der Waals surface area contributed by atoms with Crippen LogP contribution >= 0.6 is 35.3 Å².